The van der Waals surface area contributed by atoms with Crippen LogP contribution >= 0.6 is 11.8 Å². The smallest absolute Gasteiger partial charge is 0.230 e. The normalized spacial score (nSPS) is 16.5. The third kappa shape index (κ3) is 3.64. The Morgan fingerprint density at radius 3 is 2.58 bits per heavy atom. The number of thioether (sulfide) groups is 1. The Bertz CT molecular complexity index is 423. The average Bonchev–Trinajstić information content (AvgIpc) is 2.41. The van der Waals surface area contributed by atoms with Crippen LogP contribution in [0.2, 0.25) is 0 Å². The van der Waals surface area contributed by atoms with Crippen LogP contribution in [0.25, 0.3) is 0 Å². The Hall–Kier alpha value is -1.20. The number of aliphatic hydroxyl groups excluding tert-OH is 1. The van der Waals surface area contributed by atoms with Gasteiger partial charge in [-0.15, -0.1) is 11.8 Å². The molecule has 0 aromatic heterocycles. The molecule has 4 nitrogen and oxygen atoms in total. The highest BCUT2D eigenvalue weighted by atomic mass is 32.2. The second-order valence-corrected chi connectivity index (χ2v) is 5.85. The van der Waals surface area contributed by atoms with Gasteiger partial charge in [0.05, 0.1) is 25.0 Å². The summed E-state index contributed by atoms with van der Waals surface area (Å²) in [6, 6.07) is 7.62. The maximum absolute atomic E-state index is 11.8. The van der Waals surface area contributed by atoms with Gasteiger partial charge in [-0.3, -0.25) is 4.79 Å². The van der Waals surface area contributed by atoms with Crippen LogP contribution in [0.1, 0.15) is 19.3 Å². The third-order valence-electron chi connectivity index (χ3n) is 3.45. The molecule has 1 saturated carbocycles. The number of carbonyl (C=O) groups excluding carboxylic acids is 1. The molecule has 0 radical (unpaired) electrons. The van der Waals surface area contributed by atoms with Gasteiger partial charge in [0.25, 0.3) is 0 Å². The Morgan fingerprint density at radius 2 is 2.11 bits per heavy atom. The van der Waals surface area contributed by atoms with Crippen LogP contribution < -0.4 is 10.1 Å². The average molecular weight is 281 g/mol. The van der Waals surface area contributed by atoms with Gasteiger partial charge in [-0.1, -0.05) is 0 Å². The highest BCUT2D eigenvalue weighted by Crippen LogP contribution is 2.31. The standard InChI is InChI=1S/C14H19NO3S/c1-18-11-3-5-12(6-4-11)19-9-13(17)15-14(10-16)7-2-8-14/h3-6,16H,2,7-10H2,1H3,(H,15,17). The van der Waals surface area contributed by atoms with Gasteiger partial charge in [0.15, 0.2) is 0 Å². The van der Waals surface area contributed by atoms with Crippen molar-refractivity contribution >= 4 is 17.7 Å². The van der Waals surface area contributed by atoms with Crippen molar-refractivity contribution in [2.24, 2.45) is 0 Å². The largest absolute Gasteiger partial charge is 0.497 e. The molecular formula is C14H19NO3S. The Balaban J connectivity index is 1.79. The summed E-state index contributed by atoms with van der Waals surface area (Å²) in [7, 11) is 1.63. The quantitative estimate of drug-likeness (QED) is 0.781. The number of methoxy groups -OCH3 is 1. The molecule has 19 heavy (non-hydrogen) atoms. The van der Waals surface area contributed by atoms with E-state index in [0.717, 1.165) is 29.9 Å². The summed E-state index contributed by atoms with van der Waals surface area (Å²) in [6.45, 7) is 0.0337. The van der Waals surface area contributed by atoms with E-state index in [1.807, 2.05) is 24.3 Å². The van der Waals surface area contributed by atoms with Gasteiger partial charge in [0, 0.05) is 4.90 Å². The summed E-state index contributed by atoms with van der Waals surface area (Å²) in [4.78, 5) is 12.9. The first kappa shape index (κ1) is 14.2. The molecule has 1 aromatic rings. The number of ether oxygens (including phenoxy) is 1. The van der Waals surface area contributed by atoms with Crippen LogP contribution in [-0.2, 0) is 4.79 Å². The maximum Gasteiger partial charge on any atom is 0.230 e. The molecule has 0 saturated heterocycles. The molecule has 104 valence electrons. The van der Waals surface area contributed by atoms with E-state index in [-0.39, 0.29) is 18.1 Å². The number of hydrogen-bond donors (Lipinski definition) is 2. The monoisotopic (exact) mass is 281 g/mol. The lowest BCUT2D eigenvalue weighted by Gasteiger charge is -2.40. The van der Waals surface area contributed by atoms with E-state index in [9.17, 15) is 9.90 Å². The number of nitrogens with one attached hydrogen (secondary N) is 1. The second kappa shape index (κ2) is 6.30. The first-order valence-electron chi connectivity index (χ1n) is 6.36. The molecular weight excluding hydrogens is 262 g/mol. The summed E-state index contributed by atoms with van der Waals surface area (Å²) in [6.07, 6.45) is 2.83. The minimum atomic E-state index is -0.350. The van der Waals surface area contributed by atoms with Gasteiger partial charge in [0.2, 0.25) is 5.91 Å². The molecule has 0 atom stereocenters. The molecule has 0 aliphatic heterocycles. The van der Waals surface area contributed by atoms with E-state index in [1.54, 1.807) is 7.11 Å². The maximum atomic E-state index is 11.8. The fraction of sp³-hybridized carbons (Fsp3) is 0.500. The van der Waals surface area contributed by atoms with Gasteiger partial charge >= 0.3 is 0 Å². The molecule has 0 unspecified atom stereocenters. The fourth-order valence-corrected chi connectivity index (χ4v) is 2.78. The van der Waals surface area contributed by atoms with Crippen molar-refractivity contribution < 1.29 is 14.6 Å². The van der Waals surface area contributed by atoms with E-state index in [2.05, 4.69) is 5.32 Å². The highest BCUT2D eigenvalue weighted by Gasteiger charge is 2.37. The molecule has 0 spiro atoms. The fourth-order valence-electron chi connectivity index (χ4n) is 2.08. The number of aliphatic hydroxyl groups is 1. The predicted molar refractivity (Wildman–Crippen MR) is 75.5 cm³/mol. The summed E-state index contributed by atoms with van der Waals surface area (Å²) in [5, 5.41) is 12.2. The van der Waals surface area contributed by atoms with Crippen LogP contribution in [0.15, 0.2) is 29.2 Å². The van der Waals surface area contributed by atoms with Gasteiger partial charge < -0.3 is 15.2 Å². The molecule has 1 aromatic carbocycles. The van der Waals surface area contributed by atoms with Crippen molar-refractivity contribution in [3.8, 4) is 5.75 Å². The van der Waals surface area contributed by atoms with E-state index in [4.69, 9.17) is 4.74 Å². The van der Waals surface area contributed by atoms with Crippen molar-refractivity contribution in [1.29, 1.82) is 0 Å². The van der Waals surface area contributed by atoms with E-state index in [1.165, 1.54) is 11.8 Å². The summed E-state index contributed by atoms with van der Waals surface area (Å²) >= 11 is 1.48. The molecule has 1 amide bonds. The van der Waals surface area contributed by atoms with Crippen LogP contribution in [0.4, 0.5) is 0 Å². The summed E-state index contributed by atoms with van der Waals surface area (Å²) in [5.74, 6) is 1.16. The SMILES string of the molecule is COc1ccc(SCC(=O)NC2(CO)CCC2)cc1. The van der Waals surface area contributed by atoms with Crippen molar-refractivity contribution in [3.63, 3.8) is 0 Å². The van der Waals surface area contributed by atoms with Gasteiger partial charge in [0.1, 0.15) is 5.75 Å². The first-order valence-corrected chi connectivity index (χ1v) is 7.35. The van der Waals surface area contributed by atoms with E-state index >= 15 is 0 Å². The van der Waals surface area contributed by atoms with Gasteiger partial charge in [-0.05, 0) is 43.5 Å². The van der Waals surface area contributed by atoms with Crippen LogP contribution in [-0.4, -0.2) is 36.0 Å². The lowest BCUT2D eigenvalue weighted by Crippen LogP contribution is -2.56. The Kier molecular flexibility index (Phi) is 4.71. The lowest BCUT2D eigenvalue weighted by molar-refractivity contribution is -0.122. The summed E-state index contributed by atoms with van der Waals surface area (Å²) < 4.78 is 5.08. The molecule has 0 heterocycles. The highest BCUT2D eigenvalue weighted by molar-refractivity contribution is 8.00. The molecule has 2 rings (SSSR count). The minimum Gasteiger partial charge on any atom is -0.497 e. The predicted octanol–water partition coefficient (Wildman–Crippen LogP) is 1.82. The lowest BCUT2D eigenvalue weighted by atomic mass is 9.77. The molecule has 2 N–H and O–H groups in total. The number of amides is 1. The van der Waals surface area contributed by atoms with Crippen LogP contribution in [0, 0.1) is 0 Å². The van der Waals surface area contributed by atoms with E-state index in [0.29, 0.717) is 5.75 Å². The zero-order chi connectivity index (χ0) is 13.7. The van der Waals surface area contributed by atoms with Gasteiger partial charge in [-0.2, -0.15) is 0 Å². The van der Waals surface area contributed by atoms with Crippen LogP contribution in [0.5, 0.6) is 5.75 Å². The van der Waals surface area contributed by atoms with E-state index < -0.39 is 0 Å². The number of benzene rings is 1. The zero-order valence-corrected chi connectivity index (χ0v) is 11.8. The minimum absolute atomic E-state index is 0.0189. The van der Waals surface area contributed by atoms with Crippen molar-refractivity contribution in [1.82, 2.24) is 5.32 Å². The molecule has 0 bridgehead atoms. The number of rotatable bonds is 6. The number of hydrogen-bond acceptors (Lipinski definition) is 4. The Labute approximate surface area is 117 Å². The second-order valence-electron chi connectivity index (χ2n) is 4.80. The van der Waals surface area contributed by atoms with Crippen molar-refractivity contribution in [2.75, 3.05) is 19.5 Å². The third-order valence-corrected chi connectivity index (χ3v) is 4.46. The molecule has 5 heteroatoms. The molecule has 1 aliphatic carbocycles. The van der Waals surface area contributed by atoms with Crippen molar-refractivity contribution in [3.05, 3.63) is 24.3 Å². The van der Waals surface area contributed by atoms with Gasteiger partial charge in [-0.25, -0.2) is 0 Å². The number of carbonyl (C=O) groups is 1. The Morgan fingerprint density at radius 1 is 1.42 bits per heavy atom. The molecule has 1 aliphatic rings. The topological polar surface area (TPSA) is 58.6 Å². The zero-order valence-electron chi connectivity index (χ0n) is 11.0. The molecule has 1 fully saturated rings. The van der Waals surface area contributed by atoms with Crippen LogP contribution in [0.3, 0.4) is 0 Å². The first-order chi connectivity index (χ1) is 9.17. The summed E-state index contributed by atoms with van der Waals surface area (Å²) in [5.41, 5.74) is -0.350. The van der Waals surface area contributed by atoms with Crippen molar-refractivity contribution in [2.45, 2.75) is 29.7 Å².